The summed E-state index contributed by atoms with van der Waals surface area (Å²) < 4.78 is 33.2. The second-order valence-corrected chi connectivity index (χ2v) is 10.9. The second-order valence-electron chi connectivity index (χ2n) is 8.76. The minimum atomic E-state index is -3.76. The summed E-state index contributed by atoms with van der Waals surface area (Å²) in [7, 11) is -3.76. The average molecular weight is 584 g/mol. The number of benzene rings is 5. The Labute approximate surface area is 241 Å². The molecule has 5 rings (SSSR count). The molecule has 0 aliphatic carbocycles. The predicted molar refractivity (Wildman–Crippen MR) is 159 cm³/mol. The topological polar surface area (TPSA) is 114 Å². The van der Waals surface area contributed by atoms with Gasteiger partial charge in [0.2, 0.25) is 0 Å². The van der Waals surface area contributed by atoms with E-state index in [2.05, 4.69) is 15.2 Å². The standard InChI is InChI=1S/C31H22ClN3O5S/c32-28-13-7-6-12-26(28)31(37)40-29-19-16-21-8-4-5-11-25(21)27(29)20-33-34-30(36)22-14-17-23(18-15-22)35-41(38,39)24-9-2-1-3-10-24/h1-20,35H,(H,34,36). The van der Waals surface area contributed by atoms with Gasteiger partial charge in [-0.2, -0.15) is 5.10 Å². The third-order valence-electron chi connectivity index (χ3n) is 6.04. The SMILES string of the molecule is O=C(NN=Cc1c(OC(=O)c2ccccc2Cl)ccc2ccccc12)c1ccc(NS(=O)(=O)c2ccccc2)cc1. The van der Waals surface area contributed by atoms with Gasteiger partial charge in [0, 0.05) is 16.8 Å². The van der Waals surface area contributed by atoms with Crippen LogP contribution in [0.15, 0.2) is 125 Å². The lowest BCUT2D eigenvalue weighted by molar-refractivity contribution is 0.0734. The van der Waals surface area contributed by atoms with Crippen molar-refractivity contribution in [2.24, 2.45) is 5.10 Å². The number of carbonyl (C=O) groups excluding carboxylic acids is 2. The predicted octanol–water partition coefficient (Wildman–Crippen LogP) is 6.28. The molecule has 0 heterocycles. The van der Waals surface area contributed by atoms with E-state index in [1.54, 1.807) is 48.5 Å². The molecule has 41 heavy (non-hydrogen) atoms. The lowest BCUT2D eigenvalue weighted by Gasteiger charge is -2.11. The van der Waals surface area contributed by atoms with Gasteiger partial charge in [0.15, 0.2) is 0 Å². The minimum Gasteiger partial charge on any atom is -0.422 e. The van der Waals surface area contributed by atoms with Crippen molar-refractivity contribution < 1.29 is 22.7 Å². The van der Waals surface area contributed by atoms with E-state index in [4.69, 9.17) is 16.3 Å². The fraction of sp³-hybridized carbons (Fsp3) is 0. The molecule has 0 bridgehead atoms. The van der Waals surface area contributed by atoms with Gasteiger partial charge in [-0.25, -0.2) is 18.6 Å². The number of sulfonamides is 1. The first kappa shape index (κ1) is 27.6. The number of hydrogen-bond acceptors (Lipinski definition) is 6. The molecule has 0 aliphatic heterocycles. The summed E-state index contributed by atoms with van der Waals surface area (Å²) in [6, 6.07) is 31.4. The molecule has 0 atom stereocenters. The van der Waals surface area contributed by atoms with E-state index >= 15 is 0 Å². The Bertz CT molecular complexity index is 1880. The Morgan fingerprint density at radius 3 is 2.22 bits per heavy atom. The number of amides is 1. The lowest BCUT2D eigenvalue weighted by Crippen LogP contribution is -2.18. The van der Waals surface area contributed by atoms with Gasteiger partial charge < -0.3 is 4.74 Å². The highest BCUT2D eigenvalue weighted by Gasteiger charge is 2.16. The molecule has 5 aromatic rings. The van der Waals surface area contributed by atoms with Gasteiger partial charge in [0.05, 0.1) is 21.7 Å². The van der Waals surface area contributed by atoms with Gasteiger partial charge >= 0.3 is 5.97 Å². The highest BCUT2D eigenvalue weighted by molar-refractivity contribution is 7.92. The number of rotatable bonds is 8. The largest absolute Gasteiger partial charge is 0.422 e. The number of nitrogens with one attached hydrogen (secondary N) is 2. The first-order valence-corrected chi connectivity index (χ1v) is 14.2. The number of anilines is 1. The molecule has 204 valence electrons. The van der Waals surface area contributed by atoms with E-state index in [-0.39, 0.29) is 26.8 Å². The molecule has 0 saturated carbocycles. The Hall–Kier alpha value is -4.99. The van der Waals surface area contributed by atoms with Crippen LogP contribution in [0.2, 0.25) is 5.02 Å². The Kier molecular flexibility index (Phi) is 8.09. The van der Waals surface area contributed by atoms with E-state index in [9.17, 15) is 18.0 Å². The number of nitrogens with zero attached hydrogens (tertiary/aromatic N) is 1. The number of esters is 1. The molecule has 0 aromatic heterocycles. The molecule has 0 unspecified atom stereocenters. The van der Waals surface area contributed by atoms with Crippen molar-refractivity contribution in [1.82, 2.24) is 5.43 Å². The van der Waals surface area contributed by atoms with Gasteiger partial charge in [-0.05, 0) is 65.4 Å². The number of hydrazone groups is 1. The van der Waals surface area contributed by atoms with E-state index in [1.807, 2.05) is 30.3 Å². The second kappa shape index (κ2) is 12.0. The summed E-state index contributed by atoms with van der Waals surface area (Å²) in [5.74, 6) is -0.914. The van der Waals surface area contributed by atoms with Crippen molar-refractivity contribution in [2.75, 3.05) is 4.72 Å². The molecular weight excluding hydrogens is 562 g/mol. The molecule has 1 amide bonds. The molecule has 8 nitrogen and oxygen atoms in total. The highest BCUT2D eigenvalue weighted by Crippen LogP contribution is 2.28. The third-order valence-corrected chi connectivity index (χ3v) is 7.77. The maximum Gasteiger partial charge on any atom is 0.345 e. The van der Waals surface area contributed by atoms with Crippen LogP contribution in [0.1, 0.15) is 26.3 Å². The normalized spacial score (nSPS) is 11.3. The van der Waals surface area contributed by atoms with Gasteiger partial charge in [-0.3, -0.25) is 9.52 Å². The zero-order valence-corrected chi connectivity index (χ0v) is 22.9. The smallest absolute Gasteiger partial charge is 0.345 e. The fourth-order valence-corrected chi connectivity index (χ4v) is 5.30. The highest BCUT2D eigenvalue weighted by atomic mass is 35.5. The van der Waals surface area contributed by atoms with Crippen molar-refractivity contribution >= 4 is 56.2 Å². The molecule has 0 aliphatic rings. The van der Waals surface area contributed by atoms with Crippen LogP contribution in [0.3, 0.4) is 0 Å². The first-order valence-electron chi connectivity index (χ1n) is 12.3. The van der Waals surface area contributed by atoms with Crippen molar-refractivity contribution in [2.45, 2.75) is 4.90 Å². The number of carbonyl (C=O) groups is 2. The van der Waals surface area contributed by atoms with Gasteiger partial charge in [0.25, 0.3) is 15.9 Å². The van der Waals surface area contributed by atoms with Crippen LogP contribution in [0.25, 0.3) is 10.8 Å². The van der Waals surface area contributed by atoms with Crippen molar-refractivity contribution in [3.05, 3.63) is 137 Å². The Balaban J connectivity index is 1.32. The van der Waals surface area contributed by atoms with Crippen LogP contribution in [0, 0.1) is 0 Å². The third kappa shape index (κ3) is 6.43. The summed E-state index contributed by atoms with van der Waals surface area (Å²) in [5, 5.41) is 5.99. The molecule has 0 fully saturated rings. The zero-order valence-electron chi connectivity index (χ0n) is 21.3. The van der Waals surface area contributed by atoms with Crippen molar-refractivity contribution in [3.63, 3.8) is 0 Å². The van der Waals surface area contributed by atoms with Gasteiger partial charge in [-0.1, -0.05) is 72.3 Å². The van der Waals surface area contributed by atoms with Crippen LogP contribution in [-0.2, 0) is 10.0 Å². The van der Waals surface area contributed by atoms with E-state index < -0.39 is 21.9 Å². The zero-order chi connectivity index (χ0) is 28.8. The van der Waals surface area contributed by atoms with Crippen molar-refractivity contribution in [1.29, 1.82) is 0 Å². The Morgan fingerprint density at radius 1 is 0.780 bits per heavy atom. The number of hydrogen-bond donors (Lipinski definition) is 2. The summed E-state index contributed by atoms with van der Waals surface area (Å²) >= 11 is 6.16. The van der Waals surface area contributed by atoms with Crippen LogP contribution in [0.5, 0.6) is 5.75 Å². The number of ether oxygens (including phenoxy) is 1. The van der Waals surface area contributed by atoms with Crippen LogP contribution in [-0.4, -0.2) is 26.5 Å². The maximum atomic E-state index is 12.8. The molecular formula is C31H22ClN3O5S. The van der Waals surface area contributed by atoms with E-state index in [0.29, 0.717) is 11.3 Å². The molecule has 0 radical (unpaired) electrons. The summed E-state index contributed by atoms with van der Waals surface area (Å²) in [6.07, 6.45) is 1.40. The fourth-order valence-electron chi connectivity index (χ4n) is 4.00. The lowest BCUT2D eigenvalue weighted by atomic mass is 10.0. The molecule has 10 heteroatoms. The summed E-state index contributed by atoms with van der Waals surface area (Å²) in [4.78, 5) is 25.7. The summed E-state index contributed by atoms with van der Waals surface area (Å²) in [6.45, 7) is 0. The van der Waals surface area contributed by atoms with Crippen LogP contribution in [0.4, 0.5) is 5.69 Å². The molecule has 5 aromatic carbocycles. The van der Waals surface area contributed by atoms with Crippen molar-refractivity contribution in [3.8, 4) is 5.75 Å². The Morgan fingerprint density at radius 2 is 1.46 bits per heavy atom. The average Bonchev–Trinajstić information content (AvgIpc) is 2.99. The molecule has 0 spiro atoms. The minimum absolute atomic E-state index is 0.126. The number of fused-ring (bicyclic) bond motifs is 1. The van der Waals surface area contributed by atoms with Crippen LogP contribution < -0.4 is 14.9 Å². The van der Waals surface area contributed by atoms with Crippen LogP contribution >= 0.6 is 11.6 Å². The molecule has 0 saturated heterocycles. The molecule has 2 N–H and O–H groups in total. The monoisotopic (exact) mass is 583 g/mol. The van der Waals surface area contributed by atoms with Gasteiger partial charge in [0.1, 0.15) is 5.75 Å². The van der Waals surface area contributed by atoms with E-state index in [0.717, 1.165) is 10.8 Å². The maximum absolute atomic E-state index is 12.8. The van der Waals surface area contributed by atoms with Gasteiger partial charge in [-0.15, -0.1) is 0 Å². The quantitative estimate of drug-likeness (QED) is 0.0966. The summed E-state index contributed by atoms with van der Waals surface area (Å²) in [5.41, 5.74) is 3.71. The first-order chi connectivity index (χ1) is 19.8. The number of halogens is 1. The van der Waals surface area contributed by atoms with E-state index in [1.165, 1.54) is 42.6 Å².